The minimum absolute atomic E-state index is 0.0232. The van der Waals surface area contributed by atoms with Crippen LogP contribution in [-0.4, -0.2) is 117 Å². The molecule has 1 saturated heterocycles. The van der Waals surface area contributed by atoms with Gasteiger partial charge in [-0.2, -0.15) is 49.6 Å². The van der Waals surface area contributed by atoms with Gasteiger partial charge >= 0.3 is 32.2 Å². The SMILES string of the molecule is CC(C)(C#Cc1ccc(-c2ccc(Cl)c3c(N(C(=O)N4CCC[C@H]4C(=O)OCOP(=O)(O)O)S(C)(=O)=O)nn(CC(F)(F)F)c23)c([C@H](Cc2cc(F)cc(F)c2)NC(=O)Cn2nc(C(F)(F)F)c3c2C(F)(F)[C@@H]2C[C@H]32)n1)S(C)(=O)=O. The number of nitrogens with one attached hydrogen (secondary N) is 1. The Labute approximate surface area is 451 Å². The number of esters is 1. The van der Waals surface area contributed by atoms with Crippen molar-refractivity contribution in [2.24, 2.45) is 5.92 Å². The number of rotatable bonds is 15. The maximum absolute atomic E-state index is 15.7. The zero-order valence-electron chi connectivity index (χ0n) is 41.5. The van der Waals surface area contributed by atoms with Gasteiger partial charge < -0.3 is 24.7 Å². The molecular formula is C46H42ClF10N8O12PS2. The van der Waals surface area contributed by atoms with E-state index in [1.54, 1.807) is 0 Å². The van der Waals surface area contributed by atoms with Crippen LogP contribution in [0.3, 0.4) is 0 Å². The van der Waals surface area contributed by atoms with Crippen molar-refractivity contribution in [3.63, 3.8) is 0 Å². The molecule has 2 aliphatic carbocycles. The number of pyridine rings is 1. The highest BCUT2D eigenvalue weighted by molar-refractivity contribution is 7.93. The van der Waals surface area contributed by atoms with Crippen LogP contribution < -0.4 is 9.62 Å². The number of sulfonamides is 1. The number of phosphoric acid groups is 1. The summed E-state index contributed by atoms with van der Waals surface area (Å²) in [6, 6.07) is 1.05. The number of carbonyl (C=O) groups is 3. The third-order valence-corrected chi connectivity index (χ3v) is 16.9. The van der Waals surface area contributed by atoms with Crippen molar-refractivity contribution >= 4 is 73.9 Å². The highest BCUT2D eigenvalue weighted by Crippen LogP contribution is 2.68. The van der Waals surface area contributed by atoms with Gasteiger partial charge in [-0.1, -0.05) is 23.6 Å². The van der Waals surface area contributed by atoms with E-state index >= 15 is 8.78 Å². The second kappa shape index (κ2) is 20.9. The van der Waals surface area contributed by atoms with E-state index in [0.717, 1.165) is 42.7 Å². The van der Waals surface area contributed by atoms with E-state index in [1.165, 1.54) is 13.8 Å². The van der Waals surface area contributed by atoms with E-state index < -0.39 is 187 Å². The Balaban J connectivity index is 1.33. The first-order chi connectivity index (χ1) is 36.8. The van der Waals surface area contributed by atoms with Gasteiger partial charge in [0, 0.05) is 41.5 Å². The number of hydrogen-bond acceptors (Lipinski definition) is 13. The molecule has 2 fully saturated rings. The lowest BCUT2D eigenvalue weighted by Gasteiger charge is -2.28. The number of nitrogens with zero attached hydrogens (tertiary/aromatic N) is 7. The van der Waals surface area contributed by atoms with Gasteiger partial charge in [-0.15, -0.1) is 0 Å². The number of alkyl halides is 8. The van der Waals surface area contributed by atoms with Crippen LogP contribution in [0.5, 0.6) is 0 Å². The summed E-state index contributed by atoms with van der Waals surface area (Å²) >= 11 is 6.70. The average molecular weight is 1220 g/mol. The van der Waals surface area contributed by atoms with Crippen LogP contribution in [0.4, 0.5) is 54.5 Å². The van der Waals surface area contributed by atoms with Crippen LogP contribution in [0.25, 0.3) is 22.0 Å². The number of halogens is 11. The molecule has 4 heterocycles. The van der Waals surface area contributed by atoms with E-state index in [4.69, 9.17) is 26.1 Å². The normalized spacial score (nSPS) is 18.6. The summed E-state index contributed by atoms with van der Waals surface area (Å²) in [5.41, 5.74) is -6.47. The standard InChI is InChI=1S/C46H42ClF10N8O12PS2/c1-43(2,79(3,72)73)12-11-25-7-8-26(36(58-25)31(16-22-14-23(48)17-24(49)15-22)59-33(66)19-63-39-34(38(60-63)46(55,56)57)28-18-29(28)45(39,53)54)27-9-10-30(47)35-37(27)64(20-44(50,51)52)61-40(35)65(80(4,74)75)42(68)62-13-5-6-32(62)41(67)76-21-77-78(69,70)71/h7-10,14-15,17,28-29,31-32H,5-6,13,16,18-21H2,1-4H3,(H,59,66)(H2,69,70,71)/t28-,29+,31-,32-/m0/s1. The van der Waals surface area contributed by atoms with Crippen LogP contribution >= 0.6 is 19.4 Å². The predicted octanol–water partition coefficient (Wildman–Crippen LogP) is 7.25. The Morgan fingerprint density at radius 2 is 1.62 bits per heavy atom. The van der Waals surface area contributed by atoms with E-state index in [9.17, 15) is 70.9 Å². The molecule has 432 valence electrons. The van der Waals surface area contributed by atoms with Crippen molar-refractivity contribution in [2.75, 3.05) is 30.2 Å². The van der Waals surface area contributed by atoms with Crippen molar-refractivity contribution in [1.29, 1.82) is 0 Å². The van der Waals surface area contributed by atoms with Crippen molar-refractivity contribution in [2.45, 2.75) is 93.6 Å². The number of ether oxygens (including phenoxy) is 1. The summed E-state index contributed by atoms with van der Waals surface area (Å²) in [5.74, 6) is -7.82. The fraction of sp³-hybridized carbons (Fsp3) is 0.435. The lowest BCUT2D eigenvalue weighted by Crippen LogP contribution is -2.50. The Hall–Kier alpha value is -6.36. The van der Waals surface area contributed by atoms with Gasteiger partial charge in [0.2, 0.25) is 22.7 Å². The number of sulfone groups is 1. The van der Waals surface area contributed by atoms with Crippen molar-refractivity contribution in [3.05, 3.63) is 93.0 Å². The van der Waals surface area contributed by atoms with Crippen LogP contribution in [0.1, 0.15) is 79.0 Å². The molecular weight excluding hydrogens is 1180 g/mol. The number of phosphoric ester groups is 1. The zero-order chi connectivity index (χ0) is 59.2. The number of amides is 3. The predicted molar refractivity (Wildman–Crippen MR) is 259 cm³/mol. The maximum Gasteiger partial charge on any atom is 0.472 e. The quantitative estimate of drug-likeness (QED) is 0.0306. The van der Waals surface area contributed by atoms with Crippen molar-refractivity contribution in [1.82, 2.24) is 34.8 Å². The second-order valence-corrected chi connectivity index (χ2v) is 25.4. The molecule has 1 saturated carbocycles. The first-order valence-corrected chi connectivity index (χ1v) is 28.9. The third kappa shape index (κ3) is 12.3. The number of urea groups is 1. The minimum atomic E-state index is -5.26. The fourth-order valence-electron chi connectivity index (χ4n) is 9.40. The summed E-state index contributed by atoms with van der Waals surface area (Å²) < 4.78 is 220. The van der Waals surface area contributed by atoms with Crippen LogP contribution in [0, 0.1) is 29.4 Å². The van der Waals surface area contributed by atoms with Crippen molar-refractivity contribution < 1.29 is 98.7 Å². The van der Waals surface area contributed by atoms with Crippen LogP contribution in [0.15, 0.2) is 42.5 Å². The summed E-state index contributed by atoms with van der Waals surface area (Å²) in [5, 5.41) is 8.39. The van der Waals surface area contributed by atoms with Gasteiger partial charge in [0.25, 0.3) is 5.92 Å². The van der Waals surface area contributed by atoms with Gasteiger partial charge in [-0.25, -0.2) is 49.3 Å². The Kier molecular flexibility index (Phi) is 15.6. The fourth-order valence-corrected chi connectivity index (χ4v) is 10.9. The summed E-state index contributed by atoms with van der Waals surface area (Å²) in [7, 11) is -14.2. The van der Waals surface area contributed by atoms with Gasteiger partial charge in [0.05, 0.1) is 33.9 Å². The summed E-state index contributed by atoms with van der Waals surface area (Å²) in [6.45, 7) is -2.76. The molecule has 20 nitrogen and oxygen atoms in total. The largest absolute Gasteiger partial charge is 0.472 e. The van der Waals surface area contributed by atoms with Crippen LogP contribution in [-0.2, 0) is 74.9 Å². The van der Waals surface area contributed by atoms with Gasteiger partial charge in [0.1, 0.15) is 46.9 Å². The lowest BCUT2D eigenvalue weighted by atomic mass is 9.93. The Morgan fingerprint density at radius 1 is 0.975 bits per heavy atom. The first kappa shape index (κ1) is 59.8. The number of likely N-dealkylation sites (tertiary alicyclic amines) is 1. The summed E-state index contributed by atoms with van der Waals surface area (Å²) in [6.07, 6.45) is -10.5. The number of hydrogen-bond donors (Lipinski definition) is 3. The molecule has 3 aliphatic rings. The number of carbonyl (C=O) groups excluding carboxylic acids is 3. The molecule has 80 heavy (non-hydrogen) atoms. The molecule has 1 aliphatic heterocycles. The molecule has 3 N–H and O–H groups in total. The maximum atomic E-state index is 15.7. The van der Waals surface area contributed by atoms with E-state index in [-0.39, 0.29) is 49.8 Å². The van der Waals surface area contributed by atoms with Gasteiger partial charge in [0.15, 0.2) is 21.3 Å². The minimum Gasteiger partial charge on any atom is -0.436 e. The highest BCUT2D eigenvalue weighted by atomic mass is 35.5. The highest BCUT2D eigenvalue weighted by Gasteiger charge is 2.68. The molecule has 2 aromatic carbocycles. The summed E-state index contributed by atoms with van der Waals surface area (Å²) in [4.78, 5) is 65.0. The van der Waals surface area contributed by atoms with Crippen molar-refractivity contribution in [3.8, 4) is 23.0 Å². The molecule has 5 aromatic rings. The Morgan fingerprint density at radius 3 is 2.23 bits per heavy atom. The molecule has 0 radical (unpaired) electrons. The molecule has 0 unspecified atom stereocenters. The number of anilines is 1. The molecule has 34 heteroatoms. The van der Waals surface area contributed by atoms with Crippen LogP contribution in [0.2, 0.25) is 5.02 Å². The molecule has 8 rings (SSSR count). The number of fused-ring (bicyclic) bond motifs is 4. The monoisotopic (exact) mass is 1220 g/mol. The van der Waals surface area contributed by atoms with Gasteiger partial charge in [-0.3, -0.25) is 14.2 Å². The van der Waals surface area contributed by atoms with E-state index in [1.807, 2.05) is 0 Å². The number of benzene rings is 2. The second-order valence-electron chi connectivity index (χ2n) is 19.4. The molecule has 3 amide bonds. The smallest absolute Gasteiger partial charge is 0.436 e. The van der Waals surface area contributed by atoms with E-state index in [2.05, 4.69) is 36.9 Å². The topological polar surface area (TPSA) is 263 Å². The molecule has 0 bridgehead atoms. The molecule has 3 aromatic heterocycles. The first-order valence-electron chi connectivity index (χ1n) is 23.3. The average Bonchev–Trinajstić information content (AvgIpc) is 2.78. The van der Waals surface area contributed by atoms with Gasteiger partial charge in [-0.05, 0) is 87.3 Å². The lowest BCUT2D eigenvalue weighted by molar-refractivity contribution is -0.155. The third-order valence-electron chi connectivity index (χ3n) is 13.2. The molecule has 4 atom stereocenters. The van der Waals surface area contributed by atoms with E-state index in [0.29, 0.717) is 17.2 Å². The Bertz CT molecular complexity index is 3710. The number of aromatic nitrogens is 5. The molecule has 0 spiro atoms. The zero-order valence-corrected chi connectivity index (χ0v) is 44.8.